The maximum absolute atomic E-state index is 13.6. The molecular formula is C23H21FN4O4S. The van der Waals surface area contributed by atoms with Crippen LogP contribution in [-0.4, -0.2) is 50.2 Å². The second kappa shape index (κ2) is 9.86. The fraction of sp³-hybridized carbons (Fsp3) is 0.217. The number of H-pyrrole nitrogens is 1. The molecule has 0 amide bonds. The zero-order chi connectivity index (χ0) is 23.4. The number of para-hydroxylation sites is 1. The Kier molecular flexibility index (Phi) is 6.74. The van der Waals surface area contributed by atoms with Crippen LogP contribution in [0.5, 0.6) is 0 Å². The van der Waals surface area contributed by atoms with Crippen LogP contribution in [0.25, 0.3) is 28.0 Å². The first-order valence-corrected chi connectivity index (χ1v) is 11.2. The number of ether oxygens (including phenoxy) is 2. The number of aromatic nitrogens is 4. The molecule has 4 aromatic rings. The number of nitrogens with one attached hydrogen (secondary N) is 1. The lowest BCUT2D eigenvalue weighted by atomic mass is 10.1. The molecule has 33 heavy (non-hydrogen) atoms. The monoisotopic (exact) mass is 468 g/mol. The Labute approximate surface area is 193 Å². The molecule has 0 radical (unpaired) electrons. The Morgan fingerprint density at radius 2 is 1.70 bits per heavy atom. The van der Waals surface area contributed by atoms with E-state index in [4.69, 9.17) is 9.47 Å². The van der Waals surface area contributed by atoms with E-state index in [9.17, 15) is 14.0 Å². The third-order valence-electron chi connectivity index (χ3n) is 4.77. The number of hydrogen-bond donors (Lipinski definition) is 1. The van der Waals surface area contributed by atoms with Gasteiger partial charge in [-0.1, -0.05) is 30.0 Å². The number of carbonyl (C=O) groups is 2. The van der Waals surface area contributed by atoms with E-state index in [1.165, 1.54) is 12.1 Å². The highest BCUT2D eigenvalue weighted by Gasteiger charge is 2.34. The molecule has 0 fully saturated rings. The molecule has 0 bridgehead atoms. The lowest BCUT2D eigenvalue weighted by molar-refractivity contribution is -0.152. The van der Waals surface area contributed by atoms with Crippen LogP contribution >= 0.6 is 11.8 Å². The Bertz CT molecular complexity index is 1270. The van der Waals surface area contributed by atoms with Crippen molar-refractivity contribution in [2.45, 2.75) is 24.3 Å². The molecule has 8 nitrogen and oxygen atoms in total. The van der Waals surface area contributed by atoms with Gasteiger partial charge >= 0.3 is 11.9 Å². The topological polar surface area (TPSA) is 99.1 Å². The summed E-state index contributed by atoms with van der Waals surface area (Å²) in [5.41, 5.74) is 2.24. The van der Waals surface area contributed by atoms with Gasteiger partial charge in [0, 0.05) is 28.4 Å². The number of carbonyl (C=O) groups excluding carboxylic acids is 2. The third-order valence-corrected chi connectivity index (χ3v) is 5.87. The lowest BCUT2D eigenvalue weighted by Gasteiger charge is -2.15. The molecule has 0 unspecified atom stereocenters. The molecule has 2 aromatic carbocycles. The Morgan fingerprint density at radius 1 is 1.03 bits per heavy atom. The van der Waals surface area contributed by atoms with Gasteiger partial charge < -0.3 is 14.5 Å². The average Bonchev–Trinajstić information content (AvgIpc) is 3.42. The zero-order valence-electron chi connectivity index (χ0n) is 17.9. The number of nitrogens with zero attached hydrogens (tertiary/aromatic N) is 3. The van der Waals surface area contributed by atoms with Crippen LogP contribution in [-0.2, 0) is 19.1 Å². The fourth-order valence-electron chi connectivity index (χ4n) is 3.33. The Balaban J connectivity index is 1.84. The molecule has 0 saturated carbocycles. The molecule has 1 N–H and O–H groups in total. The number of fused-ring (bicyclic) bond motifs is 1. The van der Waals surface area contributed by atoms with E-state index in [-0.39, 0.29) is 18.4 Å². The summed E-state index contributed by atoms with van der Waals surface area (Å²) < 4.78 is 25.4. The van der Waals surface area contributed by atoms with Gasteiger partial charge in [-0.05, 0) is 44.2 Å². The quantitative estimate of drug-likeness (QED) is 0.236. The maximum atomic E-state index is 13.6. The maximum Gasteiger partial charge on any atom is 0.331 e. The van der Waals surface area contributed by atoms with Crippen molar-refractivity contribution < 1.29 is 23.5 Å². The van der Waals surface area contributed by atoms with Crippen molar-refractivity contribution in [1.29, 1.82) is 0 Å². The average molecular weight is 469 g/mol. The smallest absolute Gasteiger partial charge is 0.331 e. The van der Waals surface area contributed by atoms with Crippen molar-refractivity contribution in [2.75, 3.05) is 13.2 Å². The summed E-state index contributed by atoms with van der Waals surface area (Å²) in [7, 11) is 0. The van der Waals surface area contributed by atoms with Gasteiger partial charge in [0.15, 0.2) is 11.0 Å². The molecule has 0 saturated heterocycles. The second-order valence-electron chi connectivity index (χ2n) is 6.87. The number of halogens is 1. The van der Waals surface area contributed by atoms with Gasteiger partial charge in [-0.25, -0.2) is 4.39 Å². The number of benzene rings is 2. The highest BCUT2D eigenvalue weighted by atomic mass is 32.2. The number of esters is 2. The number of rotatable bonds is 8. The van der Waals surface area contributed by atoms with Crippen LogP contribution in [0.2, 0.25) is 0 Å². The molecule has 170 valence electrons. The molecular weight excluding hydrogens is 447 g/mol. The summed E-state index contributed by atoms with van der Waals surface area (Å²) in [4.78, 5) is 28.2. The molecule has 4 rings (SSSR count). The summed E-state index contributed by atoms with van der Waals surface area (Å²) in [5, 5.41) is 8.48. The summed E-state index contributed by atoms with van der Waals surface area (Å²) >= 11 is 0.870. The summed E-state index contributed by atoms with van der Waals surface area (Å²) in [6.07, 6.45) is 1.80. The molecule has 2 heterocycles. The van der Waals surface area contributed by atoms with Crippen molar-refractivity contribution in [3.63, 3.8) is 0 Å². The van der Waals surface area contributed by atoms with Gasteiger partial charge in [0.05, 0.1) is 13.2 Å². The Hall–Kier alpha value is -3.66. The predicted molar refractivity (Wildman–Crippen MR) is 122 cm³/mol. The first-order valence-electron chi connectivity index (χ1n) is 10.3. The van der Waals surface area contributed by atoms with Crippen molar-refractivity contribution >= 4 is 34.6 Å². The van der Waals surface area contributed by atoms with Gasteiger partial charge in [0.1, 0.15) is 5.82 Å². The van der Waals surface area contributed by atoms with Gasteiger partial charge in [0.2, 0.25) is 5.25 Å². The van der Waals surface area contributed by atoms with Crippen molar-refractivity contribution in [3.8, 4) is 17.1 Å². The van der Waals surface area contributed by atoms with Crippen molar-refractivity contribution in [3.05, 3.63) is 60.5 Å². The zero-order valence-corrected chi connectivity index (χ0v) is 18.8. The minimum Gasteiger partial charge on any atom is -0.465 e. The first-order chi connectivity index (χ1) is 16.0. The van der Waals surface area contributed by atoms with Gasteiger partial charge in [0.25, 0.3) is 0 Å². The van der Waals surface area contributed by atoms with Crippen molar-refractivity contribution in [2.24, 2.45) is 0 Å². The minimum atomic E-state index is -1.29. The predicted octanol–water partition coefficient (Wildman–Crippen LogP) is 4.14. The summed E-state index contributed by atoms with van der Waals surface area (Å²) in [5.74, 6) is -1.40. The van der Waals surface area contributed by atoms with Crippen LogP contribution in [0.1, 0.15) is 13.8 Å². The Morgan fingerprint density at radius 3 is 2.36 bits per heavy atom. The lowest BCUT2D eigenvalue weighted by Crippen LogP contribution is -2.31. The van der Waals surface area contributed by atoms with E-state index in [1.54, 1.807) is 36.7 Å². The molecule has 2 aromatic heterocycles. The molecule has 10 heteroatoms. The van der Waals surface area contributed by atoms with Crippen LogP contribution < -0.4 is 0 Å². The standard InChI is InChI=1S/C23H21FN4O4S/c1-3-31-21(29)19(22(30)32-4-2)33-23-27-26-20(28(23)15-11-9-14(24)10-12-15)17-13-25-18-8-6-5-7-16(17)18/h5-13,19,25H,3-4H2,1-2H3. The van der Waals surface area contributed by atoms with Gasteiger partial charge in [-0.3, -0.25) is 14.2 Å². The summed E-state index contributed by atoms with van der Waals surface area (Å²) in [6.45, 7) is 3.53. The third kappa shape index (κ3) is 4.61. The highest BCUT2D eigenvalue weighted by molar-refractivity contribution is 8.01. The molecule has 0 aliphatic rings. The normalized spacial score (nSPS) is 11.2. The molecule has 0 aliphatic heterocycles. The fourth-order valence-corrected chi connectivity index (χ4v) is 4.26. The van der Waals surface area contributed by atoms with Crippen LogP contribution in [0, 0.1) is 5.82 Å². The number of aromatic amines is 1. The first kappa shape index (κ1) is 22.5. The van der Waals surface area contributed by atoms with Crippen molar-refractivity contribution in [1.82, 2.24) is 19.7 Å². The van der Waals surface area contributed by atoms with E-state index >= 15 is 0 Å². The van der Waals surface area contributed by atoms with Gasteiger partial charge in [-0.15, -0.1) is 10.2 Å². The minimum absolute atomic E-state index is 0.112. The second-order valence-corrected chi connectivity index (χ2v) is 7.94. The SMILES string of the molecule is CCOC(=O)C(Sc1nnc(-c2c[nH]c3ccccc23)n1-c1ccc(F)cc1)C(=O)OCC. The van der Waals surface area contributed by atoms with Gasteiger partial charge in [-0.2, -0.15) is 0 Å². The largest absolute Gasteiger partial charge is 0.465 e. The molecule has 0 atom stereocenters. The van der Waals surface area contributed by atoms with E-state index in [1.807, 2.05) is 24.3 Å². The van der Waals surface area contributed by atoms with Crippen LogP contribution in [0.15, 0.2) is 59.9 Å². The van der Waals surface area contributed by atoms with E-state index < -0.39 is 23.0 Å². The van der Waals surface area contributed by atoms with E-state index in [0.717, 1.165) is 28.2 Å². The van der Waals surface area contributed by atoms with E-state index in [2.05, 4.69) is 15.2 Å². The van der Waals surface area contributed by atoms with Crippen LogP contribution in [0.3, 0.4) is 0 Å². The van der Waals surface area contributed by atoms with Crippen LogP contribution in [0.4, 0.5) is 4.39 Å². The number of hydrogen-bond acceptors (Lipinski definition) is 7. The summed E-state index contributed by atoms with van der Waals surface area (Å²) in [6, 6.07) is 13.5. The molecule has 0 aliphatic carbocycles. The number of thioether (sulfide) groups is 1. The van der Waals surface area contributed by atoms with E-state index in [0.29, 0.717) is 11.5 Å². The molecule has 0 spiro atoms. The highest BCUT2D eigenvalue weighted by Crippen LogP contribution is 2.34.